The number of carbonyl (C=O) groups excluding carboxylic acids is 1. The summed E-state index contributed by atoms with van der Waals surface area (Å²) in [4.78, 5) is 15.0. The monoisotopic (exact) mass is 321 g/mol. The van der Waals surface area contributed by atoms with Crippen LogP contribution in [0.25, 0.3) is 0 Å². The molecule has 1 aliphatic carbocycles. The summed E-state index contributed by atoms with van der Waals surface area (Å²) in [6, 6.07) is 0. The number of terminal acetylenes is 1. The molecule has 0 spiro atoms. The third-order valence-corrected chi connectivity index (χ3v) is 3.68. The van der Waals surface area contributed by atoms with Crippen molar-refractivity contribution in [1.29, 1.82) is 0 Å². The third kappa shape index (κ3) is 4.87. The molecule has 8 heteroatoms. The van der Waals surface area contributed by atoms with Gasteiger partial charge in [-0.3, -0.25) is 0 Å². The zero-order valence-corrected chi connectivity index (χ0v) is 12.0. The Morgan fingerprint density at radius 3 is 2.36 bits per heavy atom. The van der Waals surface area contributed by atoms with Crippen molar-refractivity contribution in [3.05, 3.63) is 0 Å². The van der Waals surface area contributed by atoms with Crippen LogP contribution < -0.4 is 0 Å². The van der Waals surface area contributed by atoms with Crippen LogP contribution in [-0.4, -0.2) is 55.2 Å². The molecule has 1 saturated heterocycles. The van der Waals surface area contributed by atoms with Crippen LogP contribution in [0.3, 0.4) is 0 Å². The molecular formula is C14H18F3NO4. The number of piperidine rings is 1. The van der Waals surface area contributed by atoms with E-state index in [1.807, 2.05) is 0 Å². The summed E-state index contributed by atoms with van der Waals surface area (Å²) in [5, 5.41) is 1.04. The Hall–Kier alpha value is -1.30. The molecule has 2 aliphatic rings. The summed E-state index contributed by atoms with van der Waals surface area (Å²) in [5.74, 6) is 0.223. The number of hydrogen-bond donors (Lipinski definition) is 0. The van der Waals surface area contributed by atoms with Gasteiger partial charge in [-0.25, -0.2) is 4.79 Å². The molecule has 1 saturated carbocycles. The van der Waals surface area contributed by atoms with Gasteiger partial charge in [0.05, 0.1) is 18.3 Å². The van der Waals surface area contributed by atoms with E-state index in [9.17, 15) is 18.0 Å². The van der Waals surface area contributed by atoms with Gasteiger partial charge in [-0.15, -0.1) is 11.5 Å². The Kier molecular flexibility index (Phi) is 5.67. The van der Waals surface area contributed by atoms with E-state index in [4.69, 9.17) is 15.9 Å². The van der Waals surface area contributed by atoms with Crippen LogP contribution in [0.1, 0.15) is 25.7 Å². The first-order valence-corrected chi connectivity index (χ1v) is 7.13. The fourth-order valence-corrected chi connectivity index (χ4v) is 2.43. The van der Waals surface area contributed by atoms with Crippen molar-refractivity contribution in [1.82, 2.24) is 5.06 Å². The SMILES string of the molecule is C#CCOC1CC(OC2CCN(OC(=O)C(F)(F)F)CC2)C1. The van der Waals surface area contributed by atoms with Gasteiger partial charge in [0.1, 0.15) is 6.61 Å². The number of halogens is 3. The van der Waals surface area contributed by atoms with E-state index < -0.39 is 12.1 Å². The Bertz CT molecular complexity index is 421. The minimum Gasteiger partial charge on any atom is -0.375 e. The van der Waals surface area contributed by atoms with Crippen LogP contribution in [-0.2, 0) is 19.1 Å². The summed E-state index contributed by atoms with van der Waals surface area (Å²) in [7, 11) is 0. The topological polar surface area (TPSA) is 48.0 Å². The van der Waals surface area contributed by atoms with Gasteiger partial charge in [-0.05, 0) is 12.8 Å². The number of rotatable bonds is 5. The number of carbonyl (C=O) groups is 1. The lowest BCUT2D eigenvalue weighted by Crippen LogP contribution is -2.45. The number of ether oxygens (including phenoxy) is 2. The molecule has 0 bridgehead atoms. The number of nitrogens with zero attached hydrogens (tertiary/aromatic N) is 1. The Morgan fingerprint density at radius 1 is 1.18 bits per heavy atom. The van der Waals surface area contributed by atoms with Crippen molar-refractivity contribution in [2.75, 3.05) is 19.7 Å². The van der Waals surface area contributed by atoms with Crippen LogP contribution in [0.15, 0.2) is 0 Å². The predicted octanol–water partition coefficient (Wildman–Crippen LogP) is 1.67. The molecule has 22 heavy (non-hydrogen) atoms. The molecule has 0 aromatic heterocycles. The Labute approximate surface area is 126 Å². The zero-order chi connectivity index (χ0) is 16.2. The van der Waals surface area contributed by atoms with Gasteiger partial charge in [0.25, 0.3) is 0 Å². The van der Waals surface area contributed by atoms with E-state index in [-0.39, 0.29) is 31.4 Å². The second-order valence-electron chi connectivity index (χ2n) is 5.37. The first-order chi connectivity index (χ1) is 10.4. The fourth-order valence-electron chi connectivity index (χ4n) is 2.43. The lowest BCUT2D eigenvalue weighted by molar-refractivity contribution is -0.246. The van der Waals surface area contributed by atoms with Crippen molar-refractivity contribution < 1.29 is 32.3 Å². The standard InChI is InChI=1S/C14H18F3NO4/c1-2-7-20-11-8-12(9-11)21-10-3-5-18(6-4-10)22-13(19)14(15,16)17/h1,10-12H,3-9H2. The van der Waals surface area contributed by atoms with Crippen LogP contribution in [0.5, 0.6) is 0 Å². The van der Waals surface area contributed by atoms with E-state index in [0.29, 0.717) is 19.4 Å². The first kappa shape index (κ1) is 17.1. The smallest absolute Gasteiger partial charge is 0.375 e. The zero-order valence-electron chi connectivity index (χ0n) is 12.0. The maximum absolute atomic E-state index is 12.1. The highest BCUT2D eigenvalue weighted by Crippen LogP contribution is 2.29. The molecule has 0 atom stereocenters. The predicted molar refractivity (Wildman–Crippen MR) is 69.4 cm³/mol. The average Bonchev–Trinajstić information content (AvgIpc) is 2.42. The summed E-state index contributed by atoms with van der Waals surface area (Å²) in [5.41, 5.74) is 0. The van der Waals surface area contributed by atoms with Gasteiger partial charge in [-0.1, -0.05) is 5.92 Å². The van der Waals surface area contributed by atoms with E-state index >= 15 is 0 Å². The van der Waals surface area contributed by atoms with Gasteiger partial charge in [0.15, 0.2) is 0 Å². The Morgan fingerprint density at radius 2 is 1.82 bits per heavy atom. The minimum absolute atomic E-state index is 0.0283. The normalized spacial score (nSPS) is 27.0. The van der Waals surface area contributed by atoms with Crippen LogP contribution in [0.4, 0.5) is 13.2 Å². The molecule has 124 valence electrons. The molecule has 0 aromatic rings. The summed E-state index contributed by atoms with van der Waals surface area (Å²) in [6.07, 6.45) is 2.96. The average molecular weight is 321 g/mol. The second-order valence-corrected chi connectivity index (χ2v) is 5.37. The van der Waals surface area contributed by atoms with Gasteiger partial charge in [0, 0.05) is 25.9 Å². The maximum Gasteiger partial charge on any atom is 0.492 e. The van der Waals surface area contributed by atoms with Crippen LogP contribution >= 0.6 is 0 Å². The highest BCUT2D eigenvalue weighted by molar-refractivity contribution is 5.75. The molecular weight excluding hydrogens is 303 g/mol. The lowest BCUT2D eigenvalue weighted by Gasteiger charge is -2.39. The third-order valence-electron chi connectivity index (χ3n) is 3.68. The van der Waals surface area contributed by atoms with Crippen molar-refractivity contribution >= 4 is 5.97 Å². The number of hydrogen-bond acceptors (Lipinski definition) is 5. The summed E-state index contributed by atoms with van der Waals surface area (Å²) < 4.78 is 47.4. The molecule has 0 N–H and O–H groups in total. The van der Waals surface area contributed by atoms with Crippen LogP contribution in [0, 0.1) is 12.3 Å². The molecule has 0 unspecified atom stereocenters. The molecule has 0 amide bonds. The highest BCUT2D eigenvalue weighted by Gasteiger charge is 2.43. The molecule has 2 rings (SSSR count). The van der Waals surface area contributed by atoms with Gasteiger partial charge in [0.2, 0.25) is 0 Å². The quantitative estimate of drug-likeness (QED) is 0.721. The van der Waals surface area contributed by atoms with E-state index in [1.165, 1.54) is 0 Å². The lowest BCUT2D eigenvalue weighted by atomic mass is 9.91. The van der Waals surface area contributed by atoms with Crippen molar-refractivity contribution in [2.24, 2.45) is 0 Å². The van der Waals surface area contributed by atoms with Gasteiger partial charge < -0.3 is 14.3 Å². The molecule has 0 radical (unpaired) electrons. The van der Waals surface area contributed by atoms with Gasteiger partial charge >= 0.3 is 12.1 Å². The Balaban J connectivity index is 1.60. The largest absolute Gasteiger partial charge is 0.492 e. The molecule has 0 aromatic carbocycles. The van der Waals surface area contributed by atoms with Crippen LogP contribution in [0.2, 0.25) is 0 Å². The number of alkyl halides is 3. The fraction of sp³-hybridized carbons (Fsp3) is 0.786. The van der Waals surface area contributed by atoms with Gasteiger partial charge in [-0.2, -0.15) is 13.2 Å². The maximum atomic E-state index is 12.1. The van der Waals surface area contributed by atoms with E-state index in [1.54, 1.807) is 0 Å². The first-order valence-electron chi connectivity index (χ1n) is 7.13. The second kappa shape index (κ2) is 7.31. The summed E-state index contributed by atoms with van der Waals surface area (Å²) in [6.45, 7) is 0.757. The highest BCUT2D eigenvalue weighted by atomic mass is 19.4. The van der Waals surface area contributed by atoms with E-state index in [0.717, 1.165) is 17.9 Å². The number of hydroxylamine groups is 2. The molecule has 5 nitrogen and oxygen atoms in total. The molecule has 1 aliphatic heterocycles. The van der Waals surface area contributed by atoms with E-state index in [2.05, 4.69) is 10.8 Å². The minimum atomic E-state index is -4.97. The van der Waals surface area contributed by atoms with Crippen molar-refractivity contribution in [3.63, 3.8) is 0 Å². The molecule has 1 heterocycles. The van der Waals surface area contributed by atoms with Crippen molar-refractivity contribution in [2.45, 2.75) is 50.2 Å². The van der Waals surface area contributed by atoms with Crippen molar-refractivity contribution in [3.8, 4) is 12.3 Å². The molecule has 2 fully saturated rings. The summed E-state index contributed by atoms with van der Waals surface area (Å²) >= 11 is 0.